The minimum absolute atomic E-state index is 0.162. The van der Waals surface area contributed by atoms with Gasteiger partial charge in [0.25, 0.3) is 0 Å². The first-order valence-corrected chi connectivity index (χ1v) is 7.34. The van der Waals surface area contributed by atoms with E-state index in [4.69, 9.17) is 4.74 Å². The van der Waals surface area contributed by atoms with Gasteiger partial charge in [-0.05, 0) is 24.6 Å². The summed E-state index contributed by atoms with van der Waals surface area (Å²) in [6.07, 6.45) is 2.54. The number of ether oxygens (including phenoxy) is 1. The monoisotopic (exact) mass is 305 g/mol. The molecule has 22 heavy (non-hydrogen) atoms. The van der Waals surface area contributed by atoms with Crippen molar-refractivity contribution >= 4 is 0 Å². The van der Waals surface area contributed by atoms with Crippen LogP contribution < -0.4 is 4.74 Å². The molecule has 1 aliphatic heterocycles. The fourth-order valence-electron chi connectivity index (χ4n) is 2.74. The van der Waals surface area contributed by atoms with Crippen molar-refractivity contribution in [3.63, 3.8) is 0 Å². The van der Waals surface area contributed by atoms with Gasteiger partial charge in [-0.3, -0.25) is 9.58 Å². The number of hydrogen-bond acceptors (Lipinski definition) is 4. The molecule has 0 spiro atoms. The molecule has 1 atom stereocenters. The Morgan fingerprint density at radius 3 is 3.00 bits per heavy atom. The van der Waals surface area contributed by atoms with E-state index >= 15 is 0 Å². The standard InChI is InChI=1S/C16H20FN3O2/c1-19-7-5-14(18-19)10-20-8-6-16(21,11-20)12-22-15-4-2-3-13(17)9-15/h2-5,7,9,21H,6,8,10-12H2,1H3. The number of likely N-dealkylation sites (tertiary alicyclic amines) is 1. The van der Waals surface area contributed by atoms with Crippen LogP contribution in [0.3, 0.4) is 0 Å². The third-order valence-corrected chi connectivity index (χ3v) is 3.87. The Hall–Kier alpha value is -1.92. The lowest BCUT2D eigenvalue weighted by Crippen LogP contribution is -2.39. The van der Waals surface area contributed by atoms with E-state index in [-0.39, 0.29) is 12.4 Å². The van der Waals surface area contributed by atoms with Gasteiger partial charge in [-0.1, -0.05) is 6.07 Å². The fourth-order valence-corrected chi connectivity index (χ4v) is 2.74. The van der Waals surface area contributed by atoms with E-state index < -0.39 is 5.60 Å². The Labute approximate surface area is 128 Å². The van der Waals surface area contributed by atoms with Crippen molar-refractivity contribution in [2.45, 2.75) is 18.6 Å². The first kappa shape index (κ1) is 15.0. The average Bonchev–Trinajstić information content (AvgIpc) is 3.04. The van der Waals surface area contributed by atoms with Crippen molar-refractivity contribution in [1.82, 2.24) is 14.7 Å². The van der Waals surface area contributed by atoms with Gasteiger partial charge in [0.2, 0.25) is 0 Å². The normalized spacial score (nSPS) is 22.1. The molecule has 1 fully saturated rings. The molecule has 3 rings (SSSR count). The summed E-state index contributed by atoms with van der Waals surface area (Å²) in [6, 6.07) is 7.94. The number of rotatable bonds is 5. The number of β-amino-alcohol motifs (C(OH)–C–C–N with tert-alkyl or cyclic N) is 1. The van der Waals surface area contributed by atoms with E-state index in [0.29, 0.717) is 25.3 Å². The molecule has 0 amide bonds. The summed E-state index contributed by atoms with van der Waals surface area (Å²) < 4.78 is 20.4. The number of hydrogen-bond donors (Lipinski definition) is 1. The summed E-state index contributed by atoms with van der Waals surface area (Å²) >= 11 is 0. The predicted octanol–water partition coefficient (Wildman–Crippen LogP) is 1.58. The Morgan fingerprint density at radius 1 is 1.41 bits per heavy atom. The van der Waals surface area contributed by atoms with Gasteiger partial charge in [0.15, 0.2) is 0 Å². The summed E-state index contributed by atoms with van der Waals surface area (Å²) in [5.41, 5.74) is 0.0824. The Morgan fingerprint density at radius 2 is 2.27 bits per heavy atom. The molecule has 118 valence electrons. The molecule has 6 heteroatoms. The first-order chi connectivity index (χ1) is 10.5. The maximum absolute atomic E-state index is 13.1. The van der Waals surface area contributed by atoms with Gasteiger partial charge in [0.1, 0.15) is 23.8 Å². The minimum Gasteiger partial charge on any atom is -0.490 e. The Kier molecular flexibility index (Phi) is 4.13. The molecule has 1 saturated heterocycles. The number of aliphatic hydroxyl groups is 1. The highest BCUT2D eigenvalue weighted by Gasteiger charge is 2.37. The third-order valence-electron chi connectivity index (χ3n) is 3.87. The minimum atomic E-state index is -0.902. The Balaban J connectivity index is 1.54. The number of aryl methyl sites for hydroxylation is 1. The van der Waals surface area contributed by atoms with Gasteiger partial charge in [-0.15, -0.1) is 0 Å². The van der Waals surface area contributed by atoms with Gasteiger partial charge in [-0.2, -0.15) is 5.10 Å². The Bertz CT molecular complexity index is 646. The molecule has 1 aromatic heterocycles. The van der Waals surface area contributed by atoms with Crippen LogP contribution >= 0.6 is 0 Å². The lowest BCUT2D eigenvalue weighted by molar-refractivity contribution is 0.00320. The van der Waals surface area contributed by atoms with E-state index in [1.54, 1.807) is 16.8 Å². The second-order valence-corrected chi connectivity index (χ2v) is 5.91. The van der Waals surface area contributed by atoms with Crippen molar-refractivity contribution in [3.05, 3.63) is 48.0 Å². The molecule has 0 saturated carbocycles. The van der Waals surface area contributed by atoms with Gasteiger partial charge < -0.3 is 9.84 Å². The van der Waals surface area contributed by atoms with Crippen LogP contribution in [-0.4, -0.2) is 45.1 Å². The smallest absolute Gasteiger partial charge is 0.126 e. The molecule has 1 aromatic carbocycles. The second-order valence-electron chi connectivity index (χ2n) is 5.91. The van der Waals surface area contributed by atoms with Crippen LogP contribution in [0.2, 0.25) is 0 Å². The molecule has 5 nitrogen and oxygen atoms in total. The zero-order valence-corrected chi connectivity index (χ0v) is 12.6. The molecular formula is C16H20FN3O2. The van der Waals surface area contributed by atoms with Crippen LogP contribution in [0.4, 0.5) is 4.39 Å². The number of benzene rings is 1. The summed E-state index contributed by atoms with van der Waals surface area (Å²) in [6.45, 7) is 2.19. The summed E-state index contributed by atoms with van der Waals surface area (Å²) in [5.74, 6) is 0.101. The summed E-state index contributed by atoms with van der Waals surface area (Å²) in [7, 11) is 1.89. The maximum Gasteiger partial charge on any atom is 0.126 e. The second kappa shape index (κ2) is 6.06. The highest BCUT2D eigenvalue weighted by Crippen LogP contribution is 2.24. The molecule has 0 radical (unpaired) electrons. The highest BCUT2D eigenvalue weighted by atomic mass is 19.1. The van der Waals surface area contributed by atoms with Crippen molar-refractivity contribution in [1.29, 1.82) is 0 Å². The van der Waals surface area contributed by atoms with Crippen molar-refractivity contribution in [2.75, 3.05) is 19.7 Å². The summed E-state index contributed by atoms with van der Waals surface area (Å²) in [5, 5.41) is 14.9. The highest BCUT2D eigenvalue weighted by molar-refractivity contribution is 5.22. The number of nitrogens with zero attached hydrogens (tertiary/aromatic N) is 3. The zero-order valence-electron chi connectivity index (χ0n) is 12.6. The fraction of sp³-hybridized carbons (Fsp3) is 0.438. The topological polar surface area (TPSA) is 50.5 Å². The van der Waals surface area contributed by atoms with Crippen LogP contribution in [-0.2, 0) is 13.6 Å². The molecule has 0 bridgehead atoms. The quantitative estimate of drug-likeness (QED) is 0.911. The van der Waals surface area contributed by atoms with E-state index in [1.165, 1.54) is 12.1 Å². The molecule has 1 N–H and O–H groups in total. The first-order valence-electron chi connectivity index (χ1n) is 7.34. The molecule has 1 unspecified atom stereocenters. The number of halogens is 1. The van der Waals surface area contributed by atoms with Crippen LogP contribution in [0.15, 0.2) is 36.5 Å². The van der Waals surface area contributed by atoms with Crippen LogP contribution in [0.25, 0.3) is 0 Å². The largest absolute Gasteiger partial charge is 0.490 e. The van der Waals surface area contributed by atoms with E-state index in [0.717, 1.165) is 12.2 Å². The molecule has 0 aliphatic carbocycles. The number of aromatic nitrogens is 2. The van der Waals surface area contributed by atoms with Crippen LogP contribution in [0.1, 0.15) is 12.1 Å². The van der Waals surface area contributed by atoms with Gasteiger partial charge in [-0.25, -0.2) is 4.39 Å². The van der Waals surface area contributed by atoms with Crippen molar-refractivity contribution in [3.8, 4) is 5.75 Å². The molecule has 2 aromatic rings. The maximum atomic E-state index is 13.1. The van der Waals surface area contributed by atoms with Gasteiger partial charge in [0, 0.05) is 38.9 Å². The van der Waals surface area contributed by atoms with Crippen molar-refractivity contribution in [2.24, 2.45) is 7.05 Å². The lowest BCUT2D eigenvalue weighted by Gasteiger charge is -2.23. The molecular weight excluding hydrogens is 285 g/mol. The predicted molar refractivity (Wildman–Crippen MR) is 79.9 cm³/mol. The van der Waals surface area contributed by atoms with E-state index in [9.17, 15) is 9.50 Å². The van der Waals surface area contributed by atoms with E-state index in [2.05, 4.69) is 10.00 Å². The van der Waals surface area contributed by atoms with Gasteiger partial charge >= 0.3 is 0 Å². The van der Waals surface area contributed by atoms with Crippen LogP contribution in [0.5, 0.6) is 5.75 Å². The average molecular weight is 305 g/mol. The molecule has 2 heterocycles. The lowest BCUT2D eigenvalue weighted by atomic mass is 10.1. The van der Waals surface area contributed by atoms with Crippen LogP contribution in [0, 0.1) is 5.82 Å². The summed E-state index contributed by atoms with van der Waals surface area (Å²) in [4.78, 5) is 2.15. The third kappa shape index (κ3) is 3.64. The molecule has 1 aliphatic rings. The van der Waals surface area contributed by atoms with Gasteiger partial charge in [0.05, 0.1) is 5.69 Å². The SMILES string of the molecule is Cn1ccc(CN2CCC(O)(COc3cccc(F)c3)C2)n1. The van der Waals surface area contributed by atoms with Crippen molar-refractivity contribution < 1.29 is 14.2 Å². The zero-order chi connectivity index (χ0) is 15.6. The van der Waals surface area contributed by atoms with E-state index in [1.807, 2.05) is 19.3 Å².